The van der Waals surface area contributed by atoms with Crippen molar-refractivity contribution in [2.24, 2.45) is 0 Å². The third kappa shape index (κ3) is 6.65. The highest BCUT2D eigenvalue weighted by Gasteiger charge is 2.23. The molecule has 1 amide bonds. The van der Waals surface area contributed by atoms with Crippen molar-refractivity contribution in [2.75, 3.05) is 45.2 Å². The Morgan fingerprint density at radius 2 is 1.84 bits per heavy atom. The first-order valence-corrected chi connectivity index (χ1v) is 8.43. The molecule has 0 aliphatic carbocycles. The maximum absolute atomic E-state index is 12.5. The van der Waals surface area contributed by atoms with Gasteiger partial charge in [0.2, 0.25) is 5.91 Å². The van der Waals surface area contributed by atoms with E-state index in [0.717, 1.165) is 38.0 Å². The number of carboxylic acids is 1. The summed E-state index contributed by atoms with van der Waals surface area (Å²) < 4.78 is 0. The predicted molar refractivity (Wildman–Crippen MR) is 101 cm³/mol. The third-order valence-corrected chi connectivity index (χ3v) is 4.67. The number of nitrogens with zero attached hydrogens (tertiary/aromatic N) is 3. The molecule has 1 atom stereocenters. The Bertz CT molecular complexity index is 556. The summed E-state index contributed by atoms with van der Waals surface area (Å²) in [6.07, 6.45) is 2.85. The van der Waals surface area contributed by atoms with E-state index in [2.05, 4.69) is 4.90 Å². The molecule has 0 radical (unpaired) electrons. The van der Waals surface area contributed by atoms with Crippen molar-refractivity contribution in [1.82, 2.24) is 9.80 Å². The summed E-state index contributed by atoms with van der Waals surface area (Å²) in [5.41, 5.74) is 0.899. The van der Waals surface area contributed by atoms with E-state index in [0.29, 0.717) is 6.54 Å². The van der Waals surface area contributed by atoms with E-state index in [4.69, 9.17) is 5.11 Å². The molecule has 7 heteroatoms. The molecule has 1 saturated heterocycles. The molecular formula is C18H28ClN3O3. The van der Waals surface area contributed by atoms with Crippen LogP contribution in [0.3, 0.4) is 0 Å². The Kier molecular flexibility index (Phi) is 8.89. The summed E-state index contributed by atoms with van der Waals surface area (Å²) in [7, 11) is 3.67. The normalized spacial score (nSPS) is 18.3. The van der Waals surface area contributed by atoms with Crippen LogP contribution in [-0.4, -0.2) is 73.1 Å². The van der Waals surface area contributed by atoms with Gasteiger partial charge in [-0.2, -0.15) is 0 Å². The van der Waals surface area contributed by atoms with Gasteiger partial charge in [-0.25, -0.2) is 0 Å². The van der Waals surface area contributed by atoms with Gasteiger partial charge in [-0.3, -0.25) is 19.4 Å². The van der Waals surface area contributed by atoms with Gasteiger partial charge in [0.25, 0.3) is 0 Å². The Morgan fingerprint density at radius 3 is 2.48 bits per heavy atom. The zero-order valence-electron chi connectivity index (χ0n) is 14.9. The van der Waals surface area contributed by atoms with Crippen LogP contribution in [0.2, 0.25) is 0 Å². The van der Waals surface area contributed by atoms with Crippen molar-refractivity contribution in [1.29, 1.82) is 0 Å². The molecule has 6 nitrogen and oxygen atoms in total. The lowest BCUT2D eigenvalue weighted by Crippen LogP contribution is -2.40. The summed E-state index contributed by atoms with van der Waals surface area (Å²) in [5, 5.41) is 8.92. The highest BCUT2D eigenvalue weighted by atomic mass is 35.5. The lowest BCUT2D eigenvalue weighted by Gasteiger charge is -2.26. The van der Waals surface area contributed by atoms with Gasteiger partial charge in [-0.05, 0) is 45.0 Å². The number of benzene rings is 1. The van der Waals surface area contributed by atoms with E-state index < -0.39 is 5.97 Å². The van der Waals surface area contributed by atoms with Crippen LogP contribution in [0.25, 0.3) is 0 Å². The van der Waals surface area contributed by atoms with Crippen LogP contribution in [0, 0.1) is 0 Å². The number of hydrogen-bond acceptors (Lipinski definition) is 4. The minimum absolute atomic E-state index is 0. The summed E-state index contributed by atoms with van der Waals surface area (Å²) in [6.45, 7) is 2.18. The standard InChI is InChI=1S/C18H27N3O3.ClH/c1-19(14-18(23)24)15-9-6-11-21(12-10-15)13-17(22)20(2)16-7-4-3-5-8-16;/h3-5,7-8,15H,6,9-14H2,1-2H3,(H,23,24);1H. The zero-order valence-corrected chi connectivity index (χ0v) is 15.7. The largest absolute Gasteiger partial charge is 0.480 e. The summed E-state index contributed by atoms with van der Waals surface area (Å²) in [4.78, 5) is 29.1. The van der Waals surface area contributed by atoms with Crippen molar-refractivity contribution >= 4 is 30.0 Å². The Labute approximate surface area is 155 Å². The Balaban J connectivity index is 0.00000312. The van der Waals surface area contributed by atoms with E-state index in [1.54, 1.807) is 11.9 Å². The van der Waals surface area contributed by atoms with Crippen molar-refractivity contribution in [3.05, 3.63) is 30.3 Å². The fourth-order valence-electron chi connectivity index (χ4n) is 3.17. The number of halogens is 1. The molecule has 1 aliphatic heterocycles. The topological polar surface area (TPSA) is 64.1 Å². The number of carbonyl (C=O) groups is 2. The second kappa shape index (κ2) is 10.4. The minimum Gasteiger partial charge on any atom is -0.480 e. The van der Waals surface area contributed by atoms with Gasteiger partial charge in [0.05, 0.1) is 13.1 Å². The number of amides is 1. The fourth-order valence-corrected chi connectivity index (χ4v) is 3.17. The van der Waals surface area contributed by atoms with Gasteiger partial charge in [0.15, 0.2) is 0 Å². The number of hydrogen-bond donors (Lipinski definition) is 1. The average molecular weight is 370 g/mol. The van der Waals surface area contributed by atoms with Crippen molar-refractivity contribution in [3.63, 3.8) is 0 Å². The maximum atomic E-state index is 12.5. The highest BCUT2D eigenvalue weighted by Crippen LogP contribution is 2.17. The molecule has 1 heterocycles. The molecule has 140 valence electrons. The quantitative estimate of drug-likeness (QED) is 0.830. The molecule has 1 aromatic carbocycles. The summed E-state index contributed by atoms with van der Waals surface area (Å²) >= 11 is 0. The minimum atomic E-state index is -0.793. The number of likely N-dealkylation sites (tertiary alicyclic amines) is 1. The smallest absolute Gasteiger partial charge is 0.317 e. The summed E-state index contributed by atoms with van der Waals surface area (Å²) in [6, 6.07) is 9.91. The molecular weight excluding hydrogens is 342 g/mol. The van der Waals surface area contributed by atoms with Crippen molar-refractivity contribution in [3.8, 4) is 0 Å². The first-order valence-electron chi connectivity index (χ1n) is 8.43. The SMILES string of the molecule is CN(C(=O)CN1CCCC(N(C)CC(=O)O)CC1)c1ccccc1.Cl. The van der Waals surface area contributed by atoms with Gasteiger partial charge < -0.3 is 10.0 Å². The number of para-hydroxylation sites is 1. The molecule has 2 rings (SSSR count). The van der Waals surface area contributed by atoms with E-state index in [-0.39, 0.29) is 30.9 Å². The zero-order chi connectivity index (χ0) is 17.5. The first-order chi connectivity index (χ1) is 11.5. The number of rotatable bonds is 6. The van der Waals surface area contributed by atoms with E-state index in [1.807, 2.05) is 42.3 Å². The van der Waals surface area contributed by atoms with Gasteiger partial charge in [0.1, 0.15) is 0 Å². The molecule has 0 saturated carbocycles. The molecule has 1 aromatic rings. The van der Waals surface area contributed by atoms with E-state index in [1.165, 1.54) is 0 Å². The summed E-state index contributed by atoms with van der Waals surface area (Å²) in [5.74, 6) is -0.711. The van der Waals surface area contributed by atoms with Gasteiger partial charge in [-0.15, -0.1) is 12.4 Å². The Morgan fingerprint density at radius 1 is 1.16 bits per heavy atom. The molecule has 1 N–H and O–H groups in total. The van der Waals surface area contributed by atoms with E-state index in [9.17, 15) is 9.59 Å². The van der Waals surface area contributed by atoms with Gasteiger partial charge in [-0.1, -0.05) is 18.2 Å². The number of carboxylic acid groups (broad SMARTS) is 1. The van der Waals surface area contributed by atoms with Crippen LogP contribution in [-0.2, 0) is 9.59 Å². The van der Waals surface area contributed by atoms with Crippen molar-refractivity contribution < 1.29 is 14.7 Å². The number of carbonyl (C=O) groups excluding carboxylic acids is 1. The molecule has 0 aromatic heterocycles. The maximum Gasteiger partial charge on any atom is 0.317 e. The van der Waals surface area contributed by atoms with Gasteiger partial charge >= 0.3 is 5.97 Å². The molecule has 25 heavy (non-hydrogen) atoms. The van der Waals surface area contributed by atoms with Crippen LogP contribution in [0.5, 0.6) is 0 Å². The molecule has 1 unspecified atom stereocenters. The van der Waals surface area contributed by atoms with Crippen LogP contribution in [0.15, 0.2) is 30.3 Å². The van der Waals surface area contributed by atoms with Crippen LogP contribution in [0.4, 0.5) is 5.69 Å². The predicted octanol–water partition coefficient (Wildman–Crippen LogP) is 1.94. The Hall–Kier alpha value is -1.63. The highest BCUT2D eigenvalue weighted by molar-refractivity contribution is 5.94. The van der Waals surface area contributed by atoms with Crippen LogP contribution in [0.1, 0.15) is 19.3 Å². The fraction of sp³-hybridized carbons (Fsp3) is 0.556. The van der Waals surface area contributed by atoms with E-state index >= 15 is 0 Å². The molecule has 1 aliphatic rings. The molecule has 0 spiro atoms. The molecule has 1 fully saturated rings. The monoisotopic (exact) mass is 369 g/mol. The number of anilines is 1. The second-order valence-electron chi connectivity index (χ2n) is 6.46. The second-order valence-corrected chi connectivity index (χ2v) is 6.46. The van der Waals surface area contributed by atoms with Crippen molar-refractivity contribution in [2.45, 2.75) is 25.3 Å². The number of aliphatic carboxylic acids is 1. The first kappa shape index (κ1) is 21.4. The average Bonchev–Trinajstić information content (AvgIpc) is 2.80. The molecule has 0 bridgehead atoms. The third-order valence-electron chi connectivity index (χ3n) is 4.67. The lowest BCUT2D eigenvalue weighted by atomic mass is 10.1. The van der Waals surface area contributed by atoms with Crippen LogP contribution >= 0.6 is 12.4 Å². The van der Waals surface area contributed by atoms with Gasteiger partial charge in [0, 0.05) is 25.3 Å². The number of likely N-dealkylation sites (N-methyl/N-ethyl adjacent to an activating group) is 2. The van der Waals surface area contributed by atoms with Crippen LogP contribution < -0.4 is 4.90 Å². The lowest BCUT2D eigenvalue weighted by molar-refractivity contribution is -0.138.